The maximum atomic E-state index is 5.50. The third-order valence-corrected chi connectivity index (χ3v) is 4.89. The first-order valence-electron chi connectivity index (χ1n) is 8.95. The number of hydrogen-bond acceptors (Lipinski definition) is 6. The van der Waals surface area contributed by atoms with Crippen LogP contribution in [0.2, 0.25) is 0 Å². The van der Waals surface area contributed by atoms with E-state index in [-0.39, 0.29) is 6.04 Å². The van der Waals surface area contributed by atoms with E-state index in [1.807, 2.05) is 23.7 Å². The van der Waals surface area contributed by atoms with E-state index in [4.69, 9.17) is 4.52 Å². The molecule has 0 saturated carbocycles. The summed E-state index contributed by atoms with van der Waals surface area (Å²) in [6.45, 7) is 7.67. The summed E-state index contributed by atoms with van der Waals surface area (Å²) < 4.78 is 7.51. The van der Waals surface area contributed by atoms with Crippen molar-refractivity contribution in [3.63, 3.8) is 0 Å². The van der Waals surface area contributed by atoms with Crippen molar-refractivity contribution in [1.82, 2.24) is 30.1 Å². The van der Waals surface area contributed by atoms with Crippen LogP contribution >= 0.6 is 0 Å². The summed E-state index contributed by atoms with van der Waals surface area (Å²) in [7, 11) is 2.09. The first-order chi connectivity index (χ1) is 12.6. The van der Waals surface area contributed by atoms with Gasteiger partial charge in [0, 0.05) is 30.9 Å². The fraction of sp³-hybridized carbons (Fsp3) is 0.421. The average molecular weight is 352 g/mol. The van der Waals surface area contributed by atoms with E-state index in [0.717, 1.165) is 43.3 Å². The smallest absolute Gasteiger partial charge is 0.257 e. The molecule has 0 bridgehead atoms. The molecule has 1 aliphatic heterocycles. The van der Waals surface area contributed by atoms with Crippen molar-refractivity contribution in [3.8, 4) is 11.5 Å². The fourth-order valence-corrected chi connectivity index (χ4v) is 3.34. The minimum Gasteiger partial charge on any atom is -0.334 e. The van der Waals surface area contributed by atoms with Gasteiger partial charge in [-0.15, -0.1) is 0 Å². The van der Waals surface area contributed by atoms with Crippen molar-refractivity contribution in [2.75, 3.05) is 26.7 Å². The highest BCUT2D eigenvalue weighted by atomic mass is 16.5. The molecule has 1 aromatic carbocycles. The molecule has 1 atom stereocenters. The summed E-state index contributed by atoms with van der Waals surface area (Å²) in [5.41, 5.74) is 4.33. The summed E-state index contributed by atoms with van der Waals surface area (Å²) in [6.07, 6.45) is 0. The number of hydrogen-bond donors (Lipinski definition) is 1. The van der Waals surface area contributed by atoms with Gasteiger partial charge in [-0.05, 0) is 44.7 Å². The van der Waals surface area contributed by atoms with E-state index in [9.17, 15) is 0 Å². The van der Waals surface area contributed by atoms with Crippen LogP contribution in [0.25, 0.3) is 11.5 Å². The van der Waals surface area contributed by atoms with Crippen LogP contribution < -0.4 is 5.32 Å². The molecule has 1 unspecified atom stereocenters. The maximum Gasteiger partial charge on any atom is 0.257 e. The van der Waals surface area contributed by atoms with Gasteiger partial charge in [-0.2, -0.15) is 10.1 Å². The highest BCUT2D eigenvalue weighted by Crippen LogP contribution is 2.23. The number of aryl methyl sites for hydroxylation is 2. The van der Waals surface area contributed by atoms with Crippen LogP contribution in [0.5, 0.6) is 0 Å². The predicted molar refractivity (Wildman–Crippen MR) is 98.8 cm³/mol. The number of likely N-dealkylation sites (N-methyl/N-ethyl adjacent to an activating group) is 1. The number of aromatic nitrogens is 4. The second-order valence-corrected chi connectivity index (χ2v) is 6.94. The number of piperazine rings is 1. The highest BCUT2D eigenvalue weighted by molar-refractivity contribution is 5.53. The Bertz CT molecular complexity index is 882. The minimum absolute atomic E-state index is 0.159. The Morgan fingerprint density at radius 2 is 2.04 bits per heavy atom. The molecule has 1 fully saturated rings. The van der Waals surface area contributed by atoms with E-state index in [1.165, 1.54) is 11.3 Å². The van der Waals surface area contributed by atoms with E-state index >= 15 is 0 Å². The van der Waals surface area contributed by atoms with E-state index in [0.29, 0.717) is 5.89 Å². The van der Waals surface area contributed by atoms with E-state index < -0.39 is 0 Å². The largest absolute Gasteiger partial charge is 0.334 e. The molecule has 26 heavy (non-hydrogen) atoms. The summed E-state index contributed by atoms with van der Waals surface area (Å²) in [5, 5.41) is 12.1. The molecule has 1 aliphatic rings. The molecule has 0 radical (unpaired) electrons. The summed E-state index contributed by atoms with van der Waals surface area (Å²) in [6, 6.07) is 10.5. The molecule has 4 rings (SSSR count). The quantitative estimate of drug-likeness (QED) is 0.776. The van der Waals surface area contributed by atoms with Gasteiger partial charge < -0.3 is 9.84 Å². The molecule has 7 heteroatoms. The standard InChI is InChI=1S/C19H24N6O/c1-13-10-14(2)25(22-13)12-15-4-6-16(7-5-15)19-21-18(23-26-19)17-11-20-8-9-24(17)3/h4-7,10,17,20H,8-9,11-12H2,1-3H3. The second-order valence-electron chi connectivity index (χ2n) is 6.94. The average Bonchev–Trinajstić information content (AvgIpc) is 3.23. The van der Waals surface area contributed by atoms with Crippen molar-refractivity contribution < 1.29 is 4.52 Å². The van der Waals surface area contributed by atoms with Crippen molar-refractivity contribution >= 4 is 0 Å². The van der Waals surface area contributed by atoms with Crippen LogP contribution in [0.3, 0.4) is 0 Å². The lowest BCUT2D eigenvalue weighted by Gasteiger charge is -2.30. The molecular weight excluding hydrogens is 328 g/mol. The lowest BCUT2D eigenvalue weighted by Crippen LogP contribution is -2.44. The summed E-state index contributed by atoms with van der Waals surface area (Å²) >= 11 is 0. The molecule has 7 nitrogen and oxygen atoms in total. The summed E-state index contributed by atoms with van der Waals surface area (Å²) in [5.74, 6) is 1.30. The monoisotopic (exact) mass is 352 g/mol. The van der Waals surface area contributed by atoms with Gasteiger partial charge in [0.15, 0.2) is 5.82 Å². The third-order valence-electron chi connectivity index (χ3n) is 4.89. The Hall–Kier alpha value is -2.51. The molecular formula is C19H24N6O. The number of nitrogens with zero attached hydrogens (tertiary/aromatic N) is 5. The molecule has 0 spiro atoms. The summed E-state index contributed by atoms with van der Waals surface area (Å²) in [4.78, 5) is 6.86. The molecule has 1 N–H and O–H groups in total. The van der Waals surface area contributed by atoms with Gasteiger partial charge in [0.2, 0.25) is 0 Å². The molecule has 0 amide bonds. The lowest BCUT2D eigenvalue weighted by molar-refractivity contribution is 0.190. The molecule has 2 aromatic heterocycles. The molecule has 3 aromatic rings. The zero-order valence-electron chi connectivity index (χ0n) is 15.4. The van der Waals surface area contributed by atoms with Gasteiger partial charge in [-0.25, -0.2) is 0 Å². The zero-order valence-corrected chi connectivity index (χ0v) is 15.4. The van der Waals surface area contributed by atoms with Crippen LogP contribution in [-0.2, 0) is 6.54 Å². The van der Waals surface area contributed by atoms with Crippen LogP contribution in [0.1, 0.15) is 28.8 Å². The lowest BCUT2D eigenvalue weighted by atomic mass is 10.1. The van der Waals surface area contributed by atoms with Crippen LogP contribution in [0, 0.1) is 13.8 Å². The highest BCUT2D eigenvalue weighted by Gasteiger charge is 2.25. The second kappa shape index (κ2) is 7.01. The van der Waals surface area contributed by atoms with Crippen LogP contribution in [0.4, 0.5) is 0 Å². The van der Waals surface area contributed by atoms with Gasteiger partial charge in [0.05, 0.1) is 18.3 Å². The Labute approximate surface area is 153 Å². The number of benzene rings is 1. The topological polar surface area (TPSA) is 72.0 Å². The van der Waals surface area contributed by atoms with Crippen molar-refractivity contribution in [2.24, 2.45) is 0 Å². The van der Waals surface area contributed by atoms with Crippen molar-refractivity contribution in [1.29, 1.82) is 0 Å². The van der Waals surface area contributed by atoms with Crippen LogP contribution in [-0.4, -0.2) is 51.5 Å². The van der Waals surface area contributed by atoms with E-state index in [2.05, 4.69) is 57.6 Å². The molecule has 136 valence electrons. The Morgan fingerprint density at radius 1 is 1.23 bits per heavy atom. The Morgan fingerprint density at radius 3 is 2.73 bits per heavy atom. The SMILES string of the molecule is Cc1cc(C)n(Cc2ccc(-c3nc(C4CNCCN4C)no3)cc2)n1. The van der Waals surface area contributed by atoms with Crippen LogP contribution in [0.15, 0.2) is 34.9 Å². The van der Waals surface area contributed by atoms with Gasteiger partial charge in [0.25, 0.3) is 5.89 Å². The van der Waals surface area contributed by atoms with Gasteiger partial charge in [-0.3, -0.25) is 9.58 Å². The molecule has 0 aliphatic carbocycles. The minimum atomic E-state index is 0.159. The first-order valence-corrected chi connectivity index (χ1v) is 8.95. The maximum absolute atomic E-state index is 5.50. The molecule has 3 heterocycles. The zero-order chi connectivity index (χ0) is 18.1. The van der Waals surface area contributed by atoms with Crippen molar-refractivity contribution in [3.05, 3.63) is 53.1 Å². The fourth-order valence-electron chi connectivity index (χ4n) is 3.34. The Balaban J connectivity index is 1.49. The predicted octanol–water partition coefficient (Wildman–Crippen LogP) is 2.17. The normalized spacial score (nSPS) is 18.3. The Kier molecular flexibility index (Phi) is 4.57. The first kappa shape index (κ1) is 16.9. The van der Waals surface area contributed by atoms with Gasteiger partial charge in [0.1, 0.15) is 0 Å². The van der Waals surface area contributed by atoms with Gasteiger partial charge >= 0.3 is 0 Å². The number of nitrogens with one attached hydrogen (secondary N) is 1. The van der Waals surface area contributed by atoms with E-state index in [1.54, 1.807) is 0 Å². The van der Waals surface area contributed by atoms with Gasteiger partial charge in [-0.1, -0.05) is 17.3 Å². The third kappa shape index (κ3) is 3.40. The number of rotatable bonds is 4. The van der Waals surface area contributed by atoms with Crippen molar-refractivity contribution in [2.45, 2.75) is 26.4 Å². The molecule has 1 saturated heterocycles.